The molecule has 6 nitrogen and oxygen atoms in total. The van der Waals surface area contributed by atoms with Crippen LogP contribution >= 0.6 is 0 Å². The summed E-state index contributed by atoms with van der Waals surface area (Å²) >= 11 is 0. The second-order valence-electron chi connectivity index (χ2n) is 6.74. The third-order valence-electron chi connectivity index (χ3n) is 4.41. The molecule has 0 radical (unpaired) electrons. The molecule has 25 heavy (non-hydrogen) atoms. The van der Waals surface area contributed by atoms with Crippen molar-refractivity contribution in [2.24, 2.45) is 4.99 Å². The van der Waals surface area contributed by atoms with E-state index in [1.165, 1.54) is 0 Å². The lowest BCUT2D eigenvalue weighted by Crippen LogP contribution is -2.45. The molecule has 0 spiro atoms. The van der Waals surface area contributed by atoms with Crippen molar-refractivity contribution in [1.82, 2.24) is 15.5 Å². The number of rotatable bonds is 5. The number of nitrogens with one attached hydrogen (secondary N) is 2. The first-order valence-electron chi connectivity index (χ1n) is 9.03. The highest BCUT2D eigenvalue weighted by molar-refractivity contribution is 5.93. The van der Waals surface area contributed by atoms with E-state index in [0.717, 1.165) is 43.8 Å². The molecule has 138 valence electrons. The number of amides is 1. The van der Waals surface area contributed by atoms with Gasteiger partial charge < -0.3 is 20.6 Å². The van der Waals surface area contributed by atoms with Crippen LogP contribution in [0.15, 0.2) is 29.3 Å². The van der Waals surface area contributed by atoms with E-state index in [1.54, 1.807) is 19.0 Å². The van der Waals surface area contributed by atoms with Crippen LogP contribution in [0.4, 0.5) is 0 Å². The quantitative estimate of drug-likeness (QED) is 0.561. The molecule has 2 rings (SSSR count). The van der Waals surface area contributed by atoms with Crippen molar-refractivity contribution in [2.75, 3.05) is 20.6 Å². The third-order valence-corrected chi connectivity index (χ3v) is 4.41. The molecule has 0 atom stereocenters. The zero-order valence-corrected chi connectivity index (χ0v) is 15.5. The summed E-state index contributed by atoms with van der Waals surface area (Å²) in [5.41, 5.74) is 1.75. The second-order valence-corrected chi connectivity index (χ2v) is 6.74. The van der Waals surface area contributed by atoms with Gasteiger partial charge in [0.25, 0.3) is 5.91 Å². The first-order valence-corrected chi connectivity index (χ1v) is 9.03. The molecule has 6 heteroatoms. The summed E-state index contributed by atoms with van der Waals surface area (Å²) in [5.74, 6) is 0.807. The van der Waals surface area contributed by atoms with Crippen LogP contribution in [-0.2, 0) is 6.54 Å². The number of hydrogen-bond acceptors (Lipinski definition) is 3. The van der Waals surface area contributed by atoms with Crippen molar-refractivity contribution in [1.29, 1.82) is 0 Å². The zero-order valence-electron chi connectivity index (χ0n) is 15.5. The first kappa shape index (κ1) is 19.2. The van der Waals surface area contributed by atoms with Crippen LogP contribution in [0.2, 0.25) is 0 Å². The topological polar surface area (TPSA) is 77.0 Å². The summed E-state index contributed by atoms with van der Waals surface area (Å²) in [6.45, 7) is 3.40. The van der Waals surface area contributed by atoms with E-state index in [1.807, 2.05) is 31.2 Å². The molecule has 0 heterocycles. The van der Waals surface area contributed by atoms with E-state index in [4.69, 9.17) is 0 Å². The van der Waals surface area contributed by atoms with E-state index in [9.17, 15) is 9.90 Å². The largest absolute Gasteiger partial charge is 0.393 e. The van der Waals surface area contributed by atoms with Gasteiger partial charge in [0.15, 0.2) is 5.96 Å². The summed E-state index contributed by atoms with van der Waals surface area (Å²) in [7, 11) is 3.50. The number of aliphatic imine (C=N–C) groups is 1. The summed E-state index contributed by atoms with van der Waals surface area (Å²) in [6, 6.07) is 7.94. The number of carbonyl (C=O) groups is 1. The Labute approximate surface area is 150 Å². The van der Waals surface area contributed by atoms with Crippen molar-refractivity contribution >= 4 is 11.9 Å². The molecule has 1 fully saturated rings. The van der Waals surface area contributed by atoms with E-state index >= 15 is 0 Å². The Bertz CT molecular complexity index is 576. The fourth-order valence-corrected chi connectivity index (χ4v) is 2.91. The first-order chi connectivity index (χ1) is 12.0. The molecular formula is C19H30N4O2. The van der Waals surface area contributed by atoms with Gasteiger partial charge in [-0.2, -0.15) is 0 Å². The summed E-state index contributed by atoms with van der Waals surface area (Å²) in [5, 5.41) is 16.3. The Morgan fingerprint density at radius 2 is 1.84 bits per heavy atom. The molecule has 0 saturated heterocycles. The molecule has 0 unspecified atom stereocenters. The summed E-state index contributed by atoms with van der Waals surface area (Å²) in [4.78, 5) is 18.1. The standard InChI is InChI=1S/C19H30N4O2/c1-4-20-19(22-16-9-11-17(24)12-10-16)21-13-14-5-7-15(8-6-14)18(25)23(2)3/h5-8,16-17,24H,4,9-13H2,1-3H3,(H2,20,21,22). The van der Waals surface area contributed by atoms with Crippen LogP contribution in [-0.4, -0.2) is 54.7 Å². The normalized spacial score (nSPS) is 20.9. The van der Waals surface area contributed by atoms with E-state index in [2.05, 4.69) is 15.6 Å². The van der Waals surface area contributed by atoms with Crippen molar-refractivity contribution < 1.29 is 9.90 Å². The van der Waals surface area contributed by atoms with Crippen molar-refractivity contribution in [3.63, 3.8) is 0 Å². The van der Waals surface area contributed by atoms with Gasteiger partial charge in [-0.15, -0.1) is 0 Å². The smallest absolute Gasteiger partial charge is 0.253 e. The van der Waals surface area contributed by atoms with Crippen LogP contribution < -0.4 is 10.6 Å². The minimum absolute atomic E-state index is 0.00421. The van der Waals surface area contributed by atoms with Gasteiger partial charge in [-0.3, -0.25) is 4.79 Å². The lowest BCUT2D eigenvalue weighted by Gasteiger charge is -2.27. The Hall–Kier alpha value is -2.08. The summed E-state index contributed by atoms with van der Waals surface area (Å²) < 4.78 is 0. The monoisotopic (exact) mass is 346 g/mol. The van der Waals surface area contributed by atoms with Crippen molar-refractivity contribution in [3.05, 3.63) is 35.4 Å². The maximum atomic E-state index is 11.9. The summed E-state index contributed by atoms with van der Waals surface area (Å²) in [6.07, 6.45) is 3.47. The Morgan fingerprint density at radius 1 is 1.20 bits per heavy atom. The fourth-order valence-electron chi connectivity index (χ4n) is 2.91. The van der Waals surface area contributed by atoms with Gasteiger partial charge in [-0.1, -0.05) is 12.1 Å². The van der Waals surface area contributed by atoms with Crippen molar-refractivity contribution in [3.8, 4) is 0 Å². The van der Waals surface area contributed by atoms with Gasteiger partial charge in [-0.25, -0.2) is 4.99 Å². The predicted octanol–water partition coefficient (Wildman–Crippen LogP) is 1.75. The van der Waals surface area contributed by atoms with Crippen LogP contribution in [0.1, 0.15) is 48.5 Å². The minimum Gasteiger partial charge on any atom is -0.393 e. The molecule has 1 aromatic rings. The van der Waals surface area contributed by atoms with Crippen LogP contribution in [0.3, 0.4) is 0 Å². The van der Waals surface area contributed by atoms with E-state index < -0.39 is 0 Å². The maximum absolute atomic E-state index is 11.9. The molecule has 0 aliphatic heterocycles. The number of aliphatic hydroxyl groups excluding tert-OH is 1. The van der Waals surface area contributed by atoms with E-state index in [0.29, 0.717) is 18.2 Å². The highest BCUT2D eigenvalue weighted by atomic mass is 16.3. The van der Waals surface area contributed by atoms with Crippen molar-refractivity contribution in [2.45, 2.75) is 51.3 Å². The molecule has 1 aromatic carbocycles. The lowest BCUT2D eigenvalue weighted by molar-refractivity contribution is 0.0827. The number of hydrogen-bond donors (Lipinski definition) is 3. The van der Waals surface area contributed by atoms with Gasteiger partial charge in [0.05, 0.1) is 12.6 Å². The molecule has 0 aromatic heterocycles. The fraction of sp³-hybridized carbons (Fsp3) is 0.579. The van der Waals surface area contributed by atoms with Gasteiger partial charge in [0.1, 0.15) is 0 Å². The molecular weight excluding hydrogens is 316 g/mol. The highest BCUT2D eigenvalue weighted by Crippen LogP contribution is 2.18. The molecule has 3 N–H and O–H groups in total. The third kappa shape index (κ3) is 6.05. The predicted molar refractivity (Wildman–Crippen MR) is 101 cm³/mol. The minimum atomic E-state index is -0.152. The van der Waals surface area contributed by atoms with Gasteiger partial charge in [0, 0.05) is 32.2 Å². The zero-order chi connectivity index (χ0) is 18.2. The average molecular weight is 346 g/mol. The lowest BCUT2D eigenvalue weighted by atomic mass is 9.93. The molecule has 1 saturated carbocycles. The number of carbonyl (C=O) groups excluding carboxylic acids is 1. The number of aliphatic hydroxyl groups is 1. The second kappa shape index (κ2) is 9.42. The average Bonchev–Trinajstić information content (AvgIpc) is 2.61. The van der Waals surface area contributed by atoms with Gasteiger partial charge in [0.2, 0.25) is 0 Å². The van der Waals surface area contributed by atoms with Crippen LogP contribution in [0, 0.1) is 0 Å². The van der Waals surface area contributed by atoms with Crippen LogP contribution in [0.25, 0.3) is 0 Å². The Kier molecular flexibility index (Phi) is 7.25. The number of guanidine groups is 1. The SMILES string of the molecule is CCNC(=NCc1ccc(C(=O)N(C)C)cc1)NC1CCC(O)CC1. The Balaban J connectivity index is 1.94. The van der Waals surface area contributed by atoms with Gasteiger partial charge in [-0.05, 0) is 50.3 Å². The highest BCUT2D eigenvalue weighted by Gasteiger charge is 2.19. The van der Waals surface area contributed by atoms with Gasteiger partial charge >= 0.3 is 0 Å². The van der Waals surface area contributed by atoms with Crippen LogP contribution in [0.5, 0.6) is 0 Å². The number of benzene rings is 1. The molecule has 1 aliphatic carbocycles. The molecule has 0 bridgehead atoms. The Morgan fingerprint density at radius 3 is 2.40 bits per heavy atom. The van der Waals surface area contributed by atoms with E-state index in [-0.39, 0.29) is 12.0 Å². The molecule has 1 aliphatic rings. The number of nitrogens with zero attached hydrogens (tertiary/aromatic N) is 2. The molecule has 1 amide bonds. The maximum Gasteiger partial charge on any atom is 0.253 e.